The highest BCUT2D eigenvalue weighted by atomic mass is 19.2. The molecule has 3 amide bonds. The van der Waals surface area contributed by atoms with E-state index in [1.165, 1.54) is 24.3 Å². The molecular formula is C34H33F4N3O3. The van der Waals surface area contributed by atoms with Crippen molar-refractivity contribution in [1.29, 1.82) is 0 Å². The van der Waals surface area contributed by atoms with Crippen LogP contribution in [0.2, 0.25) is 0 Å². The lowest BCUT2D eigenvalue weighted by Gasteiger charge is -2.27. The first kappa shape index (κ1) is 32.2. The Morgan fingerprint density at radius 2 is 1.27 bits per heavy atom. The van der Waals surface area contributed by atoms with Gasteiger partial charge in [0.1, 0.15) is 0 Å². The Balaban J connectivity index is 1.55. The van der Waals surface area contributed by atoms with Crippen LogP contribution in [0.25, 0.3) is 12.2 Å². The van der Waals surface area contributed by atoms with Crippen molar-refractivity contribution in [3.8, 4) is 0 Å². The number of ketones is 1. The molecule has 1 aliphatic carbocycles. The van der Waals surface area contributed by atoms with E-state index in [9.17, 15) is 31.9 Å². The zero-order chi connectivity index (χ0) is 31.8. The Hall–Kier alpha value is -4.73. The summed E-state index contributed by atoms with van der Waals surface area (Å²) in [6.45, 7) is 5.24. The van der Waals surface area contributed by atoms with Crippen LogP contribution in [0.5, 0.6) is 0 Å². The number of amides is 3. The van der Waals surface area contributed by atoms with Crippen molar-refractivity contribution in [3.63, 3.8) is 0 Å². The van der Waals surface area contributed by atoms with Gasteiger partial charge in [-0.2, -0.15) is 0 Å². The molecule has 1 saturated carbocycles. The van der Waals surface area contributed by atoms with Crippen molar-refractivity contribution in [1.82, 2.24) is 10.2 Å². The first-order valence-corrected chi connectivity index (χ1v) is 14.4. The van der Waals surface area contributed by atoms with Crippen LogP contribution < -0.4 is 10.6 Å². The van der Waals surface area contributed by atoms with E-state index in [-0.39, 0.29) is 41.1 Å². The summed E-state index contributed by atoms with van der Waals surface area (Å²) in [7, 11) is 0. The summed E-state index contributed by atoms with van der Waals surface area (Å²) in [5.41, 5.74) is 1.80. The van der Waals surface area contributed by atoms with Gasteiger partial charge in [-0.15, -0.1) is 0 Å². The number of benzene rings is 3. The van der Waals surface area contributed by atoms with E-state index < -0.39 is 41.0 Å². The van der Waals surface area contributed by atoms with Gasteiger partial charge in [0.2, 0.25) is 0 Å². The summed E-state index contributed by atoms with van der Waals surface area (Å²) < 4.78 is 54.7. The molecule has 0 aliphatic heterocycles. The minimum atomic E-state index is -1.08. The van der Waals surface area contributed by atoms with E-state index in [0.29, 0.717) is 24.3 Å². The molecule has 44 heavy (non-hydrogen) atoms. The zero-order valence-electron chi connectivity index (χ0n) is 24.4. The molecule has 1 fully saturated rings. The average Bonchev–Trinajstić information content (AvgIpc) is 2.99. The number of rotatable bonds is 9. The third-order valence-corrected chi connectivity index (χ3v) is 7.09. The van der Waals surface area contributed by atoms with Crippen LogP contribution in [0, 0.1) is 23.3 Å². The number of carbonyl (C=O) groups is 3. The van der Waals surface area contributed by atoms with E-state index in [0.717, 1.165) is 37.1 Å². The number of nitrogens with zero attached hydrogens (tertiary/aromatic N) is 1. The van der Waals surface area contributed by atoms with Gasteiger partial charge in [0.05, 0.1) is 0 Å². The summed E-state index contributed by atoms with van der Waals surface area (Å²) in [6.07, 6.45) is 4.68. The van der Waals surface area contributed by atoms with Crippen molar-refractivity contribution in [2.75, 3.05) is 18.4 Å². The Morgan fingerprint density at radius 1 is 0.773 bits per heavy atom. The van der Waals surface area contributed by atoms with Crippen molar-refractivity contribution < 1.29 is 31.9 Å². The number of hydrogen-bond acceptors (Lipinski definition) is 3. The molecule has 0 spiro atoms. The number of Topliss-reactive ketones (excluding diaryl/α,β-unsaturated/α-hetero) is 1. The molecule has 6 nitrogen and oxygen atoms in total. The van der Waals surface area contributed by atoms with Crippen LogP contribution in [0.1, 0.15) is 61.0 Å². The van der Waals surface area contributed by atoms with Gasteiger partial charge in [0.15, 0.2) is 29.1 Å². The van der Waals surface area contributed by atoms with Crippen LogP contribution in [-0.4, -0.2) is 41.8 Å². The fourth-order valence-electron chi connectivity index (χ4n) is 4.98. The van der Waals surface area contributed by atoms with E-state index in [4.69, 9.17) is 0 Å². The van der Waals surface area contributed by atoms with Gasteiger partial charge in [0.25, 0.3) is 5.91 Å². The van der Waals surface area contributed by atoms with Gasteiger partial charge >= 0.3 is 6.03 Å². The molecule has 0 heterocycles. The standard InChI is InChI=1S/C34H33F4N3O3/c1-3-13-41(14-4-2)34(44)40-26-9-7-23(8-10-26)33(43)39-27-19-24(15-21-5-11-28(35)30(37)17-21)32(42)25(20-27)16-22-6-12-29(36)31(38)18-22/h5-12,15-18,27H,3-4,13-14,19-20H2,1-2H3,(H,39,43)(H,40,44)/b24-15+,25-16+. The van der Waals surface area contributed by atoms with Crippen LogP contribution >= 0.6 is 0 Å². The normalized spacial score (nSPS) is 16.7. The summed E-state index contributed by atoms with van der Waals surface area (Å²) in [5.74, 6) is -5.06. The molecule has 0 radical (unpaired) electrons. The lowest BCUT2D eigenvalue weighted by Crippen LogP contribution is -2.39. The molecule has 0 atom stereocenters. The van der Waals surface area contributed by atoms with E-state index in [2.05, 4.69) is 10.6 Å². The Labute approximate surface area is 253 Å². The SMILES string of the molecule is CCCN(CCC)C(=O)Nc1ccc(C(=O)NC2C/C(=C\c3ccc(F)c(F)c3)C(=O)/C(=C/c3ccc(F)c(F)c3)C2)cc1. The molecule has 230 valence electrons. The van der Waals surface area contributed by atoms with Gasteiger partial charge in [-0.25, -0.2) is 22.4 Å². The highest BCUT2D eigenvalue weighted by molar-refractivity contribution is 6.14. The van der Waals surface area contributed by atoms with Crippen LogP contribution in [-0.2, 0) is 4.79 Å². The van der Waals surface area contributed by atoms with E-state index in [1.54, 1.807) is 29.2 Å². The summed E-state index contributed by atoms with van der Waals surface area (Å²) >= 11 is 0. The van der Waals surface area contributed by atoms with Crippen molar-refractivity contribution >= 4 is 35.6 Å². The monoisotopic (exact) mass is 607 g/mol. The number of carbonyl (C=O) groups excluding carboxylic acids is 3. The number of anilines is 1. The number of hydrogen-bond donors (Lipinski definition) is 2. The average molecular weight is 608 g/mol. The highest BCUT2D eigenvalue weighted by Crippen LogP contribution is 2.29. The summed E-state index contributed by atoms with van der Waals surface area (Å²) in [6, 6.07) is 12.0. The number of nitrogens with one attached hydrogen (secondary N) is 2. The minimum Gasteiger partial charge on any atom is -0.349 e. The molecule has 0 bridgehead atoms. The first-order chi connectivity index (χ1) is 21.1. The molecule has 2 N–H and O–H groups in total. The van der Waals surface area contributed by atoms with Crippen molar-refractivity contribution in [3.05, 3.63) is 112 Å². The third-order valence-electron chi connectivity index (χ3n) is 7.09. The molecule has 0 aromatic heterocycles. The first-order valence-electron chi connectivity index (χ1n) is 14.4. The lowest BCUT2D eigenvalue weighted by molar-refractivity contribution is -0.113. The van der Waals surface area contributed by atoms with Crippen LogP contribution in [0.4, 0.5) is 28.0 Å². The van der Waals surface area contributed by atoms with Gasteiger partial charge in [0, 0.05) is 41.5 Å². The van der Waals surface area contributed by atoms with Crippen LogP contribution in [0.3, 0.4) is 0 Å². The number of urea groups is 1. The topological polar surface area (TPSA) is 78.5 Å². The van der Waals surface area contributed by atoms with Gasteiger partial charge in [-0.3, -0.25) is 9.59 Å². The molecule has 10 heteroatoms. The fourth-order valence-corrected chi connectivity index (χ4v) is 4.98. The van der Waals surface area contributed by atoms with Crippen molar-refractivity contribution in [2.45, 2.75) is 45.6 Å². The molecule has 4 rings (SSSR count). The Kier molecular flexibility index (Phi) is 10.7. The minimum absolute atomic E-state index is 0.0948. The predicted octanol–water partition coefficient (Wildman–Crippen LogP) is 7.53. The predicted molar refractivity (Wildman–Crippen MR) is 162 cm³/mol. The third kappa shape index (κ3) is 8.21. The smallest absolute Gasteiger partial charge is 0.321 e. The largest absolute Gasteiger partial charge is 0.349 e. The highest BCUT2D eigenvalue weighted by Gasteiger charge is 2.29. The Bertz CT molecular complexity index is 1520. The maximum absolute atomic E-state index is 13.9. The molecule has 0 unspecified atom stereocenters. The second-order valence-corrected chi connectivity index (χ2v) is 10.6. The van der Waals surface area contributed by atoms with Crippen LogP contribution in [0.15, 0.2) is 71.8 Å². The van der Waals surface area contributed by atoms with Gasteiger partial charge in [-0.1, -0.05) is 26.0 Å². The zero-order valence-corrected chi connectivity index (χ0v) is 24.4. The lowest BCUT2D eigenvalue weighted by atomic mass is 9.83. The molecule has 0 saturated heterocycles. The van der Waals surface area contributed by atoms with Gasteiger partial charge < -0.3 is 15.5 Å². The fraction of sp³-hybridized carbons (Fsp3) is 0.265. The summed E-state index contributed by atoms with van der Waals surface area (Å²) in [4.78, 5) is 40.9. The Morgan fingerprint density at radius 3 is 1.73 bits per heavy atom. The second kappa shape index (κ2) is 14.6. The second-order valence-electron chi connectivity index (χ2n) is 10.6. The van der Waals surface area contributed by atoms with Crippen molar-refractivity contribution in [2.24, 2.45) is 0 Å². The molecule has 3 aromatic carbocycles. The van der Waals surface area contributed by atoms with E-state index >= 15 is 0 Å². The number of halogens is 4. The van der Waals surface area contributed by atoms with Gasteiger partial charge in [-0.05, 0) is 97.5 Å². The molecular weight excluding hydrogens is 574 g/mol. The molecule has 1 aliphatic rings. The van der Waals surface area contributed by atoms with E-state index in [1.807, 2.05) is 13.8 Å². The maximum Gasteiger partial charge on any atom is 0.321 e. The quantitative estimate of drug-likeness (QED) is 0.195. The summed E-state index contributed by atoms with van der Waals surface area (Å²) in [5, 5.41) is 5.74. The molecule has 3 aromatic rings. The maximum atomic E-state index is 13.9.